The van der Waals surface area contributed by atoms with E-state index in [1.807, 2.05) is 18.2 Å². The molecule has 5 nitrogen and oxygen atoms in total. The summed E-state index contributed by atoms with van der Waals surface area (Å²) in [7, 11) is 0. The summed E-state index contributed by atoms with van der Waals surface area (Å²) in [4.78, 5) is 16.6. The number of anilines is 1. The number of rotatable bonds is 7. The summed E-state index contributed by atoms with van der Waals surface area (Å²) >= 11 is 0. The molecule has 1 amide bonds. The molecule has 5 heteroatoms. The molecule has 0 bridgehead atoms. The number of amides is 1. The Bertz CT molecular complexity index is 566. The van der Waals surface area contributed by atoms with Crippen LogP contribution in [-0.2, 0) is 4.79 Å². The predicted molar refractivity (Wildman–Crippen MR) is 100 cm³/mol. The average molecular weight is 330 g/mol. The van der Waals surface area contributed by atoms with Crippen LogP contribution in [0.4, 0.5) is 5.69 Å². The molecule has 1 aliphatic rings. The zero-order valence-electron chi connectivity index (χ0n) is 15.1. The van der Waals surface area contributed by atoms with Crippen LogP contribution in [0, 0.1) is 5.92 Å². The van der Waals surface area contributed by atoms with Gasteiger partial charge in [0.15, 0.2) is 5.96 Å². The third-order valence-electron chi connectivity index (χ3n) is 4.63. The molecule has 24 heavy (non-hydrogen) atoms. The van der Waals surface area contributed by atoms with E-state index in [0.29, 0.717) is 18.9 Å². The Kier molecular flexibility index (Phi) is 7.09. The second-order valence-electron chi connectivity index (χ2n) is 6.32. The number of nitrogens with zero attached hydrogens (tertiary/aromatic N) is 1. The molecule has 1 unspecified atom stereocenters. The first-order valence-corrected chi connectivity index (χ1v) is 9.08. The lowest BCUT2D eigenvalue weighted by atomic mass is 9.90. The van der Waals surface area contributed by atoms with E-state index in [4.69, 9.17) is 4.99 Å². The monoisotopic (exact) mass is 330 g/mol. The molecule has 1 atom stereocenters. The lowest BCUT2D eigenvalue weighted by molar-refractivity contribution is -0.116. The molecule has 0 saturated carbocycles. The molecule has 0 saturated heterocycles. The zero-order valence-corrected chi connectivity index (χ0v) is 15.1. The molecule has 132 valence electrons. The number of carbonyl (C=O) groups is 1. The van der Waals surface area contributed by atoms with Gasteiger partial charge >= 0.3 is 0 Å². The fraction of sp³-hybridized carbons (Fsp3) is 0.579. The number of hydrogen-bond acceptors (Lipinski definition) is 2. The molecule has 0 spiro atoms. The Morgan fingerprint density at radius 2 is 2.00 bits per heavy atom. The summed E-state index contributed by atoms with van der Waals surface area (Å²) in [5.41, 5.74) is 2.12. The van der Waals surface area contributed by atoms with E-state index in [-0.39, 0.29) is 11.8 Å². The predicted octanol–water partition coefficient (Wildman–Crippen LogP) is 3.10. The second-order valence-corrected chi connectivity index (χ2v) is 6.32. The van der Waals surface area contributed by atoms with E-state index in [2.05, 4.69) is 42.8 Å². The van der Waals surface area contributed by atoms with Gasteiger partial charge in [-0.3, -0.25) is 9.79 Å². The van der Waals surface area contributed by atoms with Crippen LogP contribution in [0.1, 0.15) is 51.5 Å². The quantitative estimate of drug-likeness (QED) is 0.532. The molecule has 0 aromatic heterocycles. The molecule has 1 aromatic rings. The standard InChI is InChI=1S/C19H30N4O/c1-4-14(5-2)12-21-19(20-6-3)22-13-15-11-18(24)23-17-10-8-7-9-16(15)17/h7-10,14-15H,4-6,11-13H2,1-3H3,(H,23,24)(H2,20,21,22). The van der Waals surface area contributed by atoms with Gasteiger partial charge in [0.2, 0.25) is 5.91 Å². The maximum absolute atomic E-state index is 11.9. The van der Waals surface area contributed by atoms with Crippen LogP contribution in [0.2, 0.25) is 0 Å². The number of nitrogens with one attached hydrogen (secondary N) is 3. The van der Waals surface area contributed by atoms with E-state index >= 15 is 0 Å². The number of benzene rings is 1. The molecule has 1 aromatic carbocycles. The second kappa shape index (κ2) is 9.30. The number of hydrogen-bond donors (Lipinski definition) is 3. The van der Waals surface area contributed by atoms with Gasteiger partial charge in [-0.2, -0.15) is 0 Å². The van der Waals surface area contributed by atoms with Crippen LogP contribution in [0.25, 0.3) is 0 Å². The Balaban J connectivity index is 2.01. The summed E-state index contributed by atoms with van der Waals surface area (Å²) in [6.45, 7) is 8.86. The molecule has 0 fully saturated rings. The summed E-state index contributed by atoms with van der Waals surface area (Å²) in [5.74, 6) is 1.72. The summed E-state index contributed by atoms with van der Waals surface area (Å²) in [5, 5.41) is 9.66. The third kappa shape index (κ3) is 4.98. The van der Waals surface area contributed by atoms with Gasteiger partial charge in [0.05, 0.1) is 0 Å². The molecule has 0 aliphatic carbocycles. The highest BCUT2D eigenvalue weighted by atomic mass is 16.1. The number of aliphatic imine (C=N–C) groups is 1. The maximum Gasteiger partial charge on any atom is 0.225 e. The third-order valence-corrected chi connectivity index (χ3v) is 4.63. The Morgan fingerprint density at radius 1 is 1.25 bits per heavy atom. The fourth-order valence-electron chi connectivity index (χ4n) is 3.01. The number of carbonyl (C=O) groups excluding carboxylic acids is 1. The van der Waals surface area contributed by atoms with E-state index < -0.39 is 0 Å². The van der Waals surface area contributed by atoms with Crippen molar-refractivity contribution in [3.8, 4) is 0 Å². The Labute approximate surface area is 145 Å². The molecular weight excluding hydrogens is 300 g/mol. The van der Waals surface area contributed by atoms with Gasteiger partial charge in [0.25, 0.3) is 0 Å². The molecule has 3 N–H and O–H groups in total. The van der Waals surface area contributed by atoms with Crippen molar-refractivity contribution >= 4 is 17.6 Å². The highest BCUT2D eigenvalue weighted by Gasteiger charge is 2.24. The summed E-state index contributed by atoms with van der Waals surface area (Å²) in [6, 6.07) is 8.03. The van der Waals surface area contributed by atoms with Crippen molar-refractivity contribution in [3.63, 3.8) is 0 Å². The van der Waals surface area contributed by atoms with Crippen LogP contribution < -0.4 is 16.0 Å². The normalized spacial score (nSPS) is 17.4. The number of fused-ring (bicyclic) bond motifs is 1. The average Bonchev–Trinajstić information content (AvgIpc) is 2.60. The van der Waals surface area contributed by atoms with Gasteiger partial charge in [0.1, 0.15) is 0 Å². The largest absolute Gasteiger partial charge is 0.357 e. The van der Waals surface area contributed by atoms with Gasteiger partial charge < -0.3 is 16.0 Å². The Hall–Kier alpha value is -2.04. The van der Waals surface area contributed by atoms with Crippen molar-refractivity contribution in [1.82, 2.24) is 10.6 Å². The first-order chi connectivity index (χ1) is 11.7. The van der Waals surface area contributed by atoms with E-state index in [0.717, 1.165) is 37.6 Å². The molecule has 2 rings (SSSR count). The SMILES string of the molecule is CCNC(=NCC(CC)CC)NCC1CC(=O)Nc2ccccc21. The van der Waals surface area contributed by atoms with E-state index in [1.54, 1.807) is 0 Å². The highest BCUT2D eigenvalue weighted by molar-refractivity contribution is 5.94. The van der Waals surface area contributed by atoms with Gasteiger partial charge in [0, 0.05) is 37.7 Å². The van der Waals surface area contributed by atoms with Crippen molar-refractivity contribution in [1.29, 1.82) is 0 Å². The molecule has 0 radical (unpaired) electrons. The van der Waals surface area contributed by atoms with Crippen LogP contribution in [-0.4, -0.2) is 31.5 Å². The summed E-state index contributed by atoms with van der Waals surface area (Å²) in [6.07, 6.45) is 2.81. The minimum Gasteiger partial charge on any atom is -0.357 e. The minimum atomic E-state index is 0.0828. The van der Waals surface area contributed by atoms with Crippen LogP contribution >= 0.6 is 0 Å². The number of guanidine groups is 1. The van der Waals surface area contributed by atoms with Crippen molar-refractivity contribution in [2.45, 2.75) is 46.0 Å². The number of para-hydroxylation sites is 1. The first-order valence-electron chi connectivity index (χ1n) is 9.08. The molecular formula is C19H30N4O. The van der Waals surface area contributed by atoms with Gasteiger partial charge in [-0.15, -0.1) is 0 Å². The van der Waals surface area contributed by atoms with Crippen molar-refractivity contribution in [3.05, 3.63) is 29.8 Å². The van der Waals surface area contributed by atoms with Crippen LogP contribution in [0.5, 0.6) is 0 Å². The minimum absolute atomic E-state index is 0.0828. The lowest BCUT2D eigenvalue weighted by Crippen LogP contribution is -2.41. The van der Waals surface area contributed by atoms with Crippen molar-refractivity contribution in [2.75, 3.05) is 25.0 Å². The highest BCUT2D eigenvalue weighted by Crippen LogP contribution is 2.31. The van der Waals surface area contributed by atoms with Gasteiger partial charge in [-0.25, -0.2) is 0 Å². The smallest absolute Gasteiger partial charge is 0.225 e. The molecule has 1 heterocycles. The van der Waals surface area contributed by atoms with Crippen molar-refractivity contribution in [2.24, 2.45) is 10.9 Å². The fourth-order valence-corrected chi connectivity index (χ4v) is 3.01. The maximum atomic E-state index is 11.9. The van der Waals surface area contributed by atoms with E-state index in [9.17, 15) is 4.79 Å². The first kappa shape index (κ1) is 18.3. The summed E-state index contributed by atoms with van der Waals surface area (Å²) < 4.78 is 0. The van der Waals surface area contributed by atoms with Crippen LogP contribution in [0.3, 0.4) is 0 Å². The van der Waals surface area contributed by atoms with Crippen LogP contribution in [0.15, 0.2) is 29.3 Å². The van der Waals surface area contributed by atoms with E-state index in [1.165, 1.54) is 5.56 Å². The molecule has 1 aliphatic heterocycles. The van der Waals surface area contributed by atoms with Crippen molar-refractivity contribution < 1.29 is 4.79 Å². The van der Waals surface area contributed by atoms with Gasteiger partial charge in [-0.05, 0) is 24.5 Å². The Morgan fingerprint density at radius 3 is 2.71 bits per heavy atom. The van der Waals surface area contributed by atoms with Gasteiger partial charge in [-0.1, -0.05) is 44.9 Å². The lowest BCUT2D eigenvalue weighted by Gasteiger charge is -2.26. The topological polar surface area (TPSA) is 65.5 Å². The zero-order chi connectivity index (χ0) is 17.4.